The van der Waals surface area contributed by atoms with E-state index in [1.807, 2.05) is 0 Å². The van der Waals surface area contributed by atoms with Gasteiger partial charge >= 0.3 is 5.97 Å². The second-order valence-corrected chi connectivity index (χ2v) is 3.53. The van der Waals surface area contributed by atoms with Gasteiger partial charge in [-0.3, -0.25) is 0 Å². The Balaban J connectivity index is 3.23. The maximum absolute atomic E-state index is 12.5. The summed E-state index contributed by atoms with van der Waals surface area (Å²) in [5.41, 5.74) is -0.951. The maximum atomic E-state index is 12.5. The zero-order valence-corrected chi connectivity index (χ0v) is 9.79. The molecular formula is C9H8BrF2NO3. The van der Waals surface area contributed by atoms with Crippen LogP contribution in [0.15, 0.2) is 10.7 Å². The van der Waals surface area contributed by atoms with Crippen molar-refractivity contribution in [3.05, 3.63) is 21.9 Å². The number of aromatic hydroxyl groups is 1. The largest absolute Gasteiger partial charge is 0.506 e. The smallest absolute Gasteiger partial charge is 0.358 e. The highest BCUT2D eigenvalue weighted by Gasteiger charge is 2.24. The number of nitrogens with zero attached hydrogens (tertiary/aromatic N) is 1. The fourth-order valence-electron chi connectivity index (χ4n) is 1.04. The van der Waals surface area contributed by atoms with Crippen molar-refractivity contribution >= 4 is 21.9 Å². The molecule has 0 amide bonds. The van der Waals surface area contributed by atoms with Gasteiger partial charge in [0.2, 0.25) is 0 Å². The van der Waals surface area contributed by atoms with E-state index in [1.165, 1.54) is 0 Å². The molecule has 0 radical (unpaired) electrons. The van der Waals surface area contributed by atoms with Gasteiger partial charge in [0.15, 0.2) is 5.69 Å². The fourth-order valence-corrected chi connectivity index (χ4v) is 1.68. The second-order valence-electron chi connectivity index (χ2n) is 2.74. The molecule has 0 saturated heterocycles. The highest BCUT2D eigenvalue weighted by Crippen LogP contribution is 2.35. The number of rotatable bonds is 3. The van der Waals surface area contributed by atoms with E-state index in [4.69, 9.17) is 0 Å². The van der Waals surface area contributed by atoms with E-state index in [0.29, 0.717) is 0 Å². The van der Waals surface area contributed by atoms with Crippen LogP contribution in [-0.4, -0.2) is 22.7 Å². The number of aromatic nitrogens is 1. The van der Waals surface area contributed by atoms with Crippen molar-refractivity contribution in [3.8, 4) is 5.75 Å². The van der Waals surface area contributed by atoms with Gasteiger partial charge < -0.3 is 9.84 Å². The van der Waals surface area contributed by atoms with E-state index in [2.05, 4.69) is 25.7 Å². The summed E-state index contributed by atoms with van der Waals surface area (Å²) >= 11 is 2.80. The second kappa shape index (κ2) is 5.20. The maximum Gasteiger partial charge on any atom is 0.358 e. The summed E-state index contributed by atoms with van der Waals surface area (Å²) in [4.78, 5) is 14.8. The van der Waals surface area contributed by atoms with Crippen LogP contribution in [0.25, 0.3) is 0 Å². The summed E-state index contributed by atoms with van der Waals surface area (Å²) in [5.74, 6) is -1.49. The molecule has 0 aliphatic rings. The molecule has 0 bridgehead atoms. The summed E-state index contributed by atoms with van der Waals surface area (Å²) in [6.45, 7) is 1.69. The number of ether oxygens (including phenoxy) is 1. The standard InChI is InChI=1S/C9H8BrF2NO3/c1-2-16-9(15)7-6(10)5(8(11)12)4(14)3-13-7/h3,8,14H,2H2,1H3. The first kappa shape index (κ1) is 12.8. The van der Waals surface area contributed by atoms with Crippen LogP contribution in [0.2, 0.25) is 0 Å². The van der Waals surface area contributed by atoms with Gasteiger partial charge in [-0.25, -0.2) is 18.6 Å². The molecule has 0 unspecified atom stereocenters. The van der Waals surface area contributed by atoms with Gasteiger partial charge in [0.05, 0.1) is 22.8 Å². The van der Waals surface area contributed by atoms with Crippen LogP contribution in [0.3, 0.4) is 0 Å². The van der Waals surface area contributed by atoms with E-state index >= 15 is 0 Å². The van der Waals surface area contributed by atoms with E-state index in [9.17, 15) is 18.7 Å². The minimum Gasteiger partial charge on any atom is -0.506 e. The zero-order chi connectivity index (χ0) is 12.3. The van der Waals surface area contributed by atoms with Crippen LogP contribution in [0.1, 0.15) is 29.4 Å². The van der Waals surface area contributed by atoms with Crippen molar-refractivity contribution in [2.24, 2.45) is 0 Å². The Labute approximate surface area is 98.4 Å². The van der Waals surface area contributed by atoms with Crippen LogP contribution < -0.4 is 0 Å². The van der Waals surface area contributed by atoms with E-state index in [1.54, 1.807) is 6.92 Å². The lowest BCUT2D eigenvalue weighted by Gasteiger charge is -2.09. The first-order valence-corrected chi connectivity index (χ1v) is 5.11. The predicted octanol–water partition coefficient (Wildman–Crippen LogP) is 2.66. The predicted molar refractivity (Wildman–Crippen MR) is 54.5 cm³/mol. The normalized spacial score (nSPS) is 10.6. The van der Waals surface area contributed by atoms with Crippen molar-refractivity contribution < 1.29 is 23.4 Å². The van der Waals surface area contributed by atoms with Crippen molar-refractivity contribution in [2.45, 2.75) is 13.3 Å². The van der Waals surface area contributed by atoms with Gasteiger partial charge in [-0.05, 0) is 22.9 Å². The topological polar surface area (TPSA) is 59.4 Å². The van der Waals surface area contributed by atoms with Crippen LogP contribution >= 0.6 is 15.9 Å². The molecule has 0 saturated carbocycles. The third kappa shape index (κ3) is 2.46. The first-order valence-electron chi connectivity index (χ1n) is 4.31. The van der Waals surface area contributed by atoms with Crippen molar-refractivity contribution in [3.63, 3.8) is 0 Å². The number of carbonyl (C=O) groups excluding carboxylic acids is 1. The van der Waals surface area contributed by atoms with Gasteiger partial charge in [0, 0.05) is 0 Å². The van der Waals surface area contributed by atoms with Gasteiger partial charge in [0.25, 0.3) is 6.43 Å². The third-order valence-corrected chi connectivity index (χ3v) is 2.53. The third-order valence-electron chi connectivity index (χ3n) is 1.72. The van der Waals surface area contributed by atoms with Gasteiger partial charge in [-0.2, -0.15) is 0 Å². The molecule has 1 rings (SSSR count). The van der Waals surface area contributed by atoms with Gasteiger partial charge in [-0.1, -0.05) is 0 Å². The van der Waals surface area contributed by atoms with E-state index in [0.717, 1.165) is 6.20 Å². The average Bonchev–Trinajstić information content (AvgIpc) is 2.17. The molecule has 16 heavy (non-hydrogen) atoms. The number of hydrogen-bond donors (Lipinski definition) is 1. The molecule has 1 heterocycles. The lowest BCUT2D eigenvalue weighted by atomic mass is 10.2. The number of esters is 1. The Hall–Kier alpha value is -1.24. The minimum absolute atomic E-state index is 0.109. The number of halogens is 3. The Morgan fingerprint density at radius 2 is 2.31 bits per heavy atom. The fraction of sp³-hybridized carbons (Fsp3) is 0.333. The Kier molecular flexibility index (Phi) is 4.17. The van der Waals surface area contributed by atoms with Crippen LogP contribution in [0.5, 0.6) is 5.75 Å². The minimum atomic E-state index is -2.91. The molecule has 0 fully saturated rings. The summed E-state index contributed by atoms with van der Waals surface area (Å²) in [7, 11) is 0. The quantitative estimate of drug-likeness (QED) is 0.871. The highest BCUT2D eigenvalue weighted by atomic mass is 79.9. The molecule has 1 aromatic rings. The monoisotopic (exact) mass is 295 g/mol. The Morgan fingerprint density at radius 1 is 1.69 bits per heavy atom. The number of pyridine rings is 1. The molecule has 1 N–H and O–H groups in total. The van der Waals surface area contributed by atoms with Crippen molar-refractivity contribution in [1.82, 2.24) is 4.98 Å². The summed E-state index contributed by atoms with van der Waals surface area (Å²) in [6.07, 6.45) is -2.12. The summed E-state index contributed by atoms with van der Waals surface area (Å²) in [6, 6.07) is 0. The average molecular weight is 296 g/mol. The molecule has 1 aromatic heterocycles. The van der Waals surface area contributed by atoms with E-state index < -0.39 is 23.7 Å². The number of alkyl halides is 2. The lowest BCUT2D eigenvalue weighted by Crippen LogP contribution is -2.09. The lowest BCUT2D eigenvalue weighted by molar-refractivity contribution is 0.0517. The van der Waals surface area contributed by atoms with Gasteiger partial charge in [0.1, 0.15) is 5.75 Å². The SMILES string of the molecule is CCOC(=O)c1ncc(O)c(C(F)F)c1Br. The number of carbonyl (C=O) groups is 1. The van der Waals surface area contributed by atoms with Crippen molar-refractivity contribution in [1.29, 1.82) is 0 Å². The van der Waals surface area contributed by atoms with Crippen molar-refractivity contribution in [2.75, 3.05) is 6.61 Å². The molecular weight excluding hydrogens is 288 g/mol. The molecule has 88 valence electrons. The Bertz CT molecular complexity index is 412. The van der Waals surface area contributed by atoms with Crippen LogP contribution in [0, 0.1) is 0 Å². The summed E-state index contributed by atoms with van der Waals surface area (Å²) in [5, 5.41) is 9.17. The van der Waals surface area contributed by atoms with Gasteiger partial charge in [-0.15, -0.1) is 0 Å². The van der Waals surface area contributed by atoms with E-state index in [-0.39, 0.29) is 16.8 Å². The molecule has 0 aliphatic heterocycles. The molecule has 0 aromatic carbocycles. The molecule has 0 aliphatic carbocycles. The molecule has 4 nitrogen and oxygen atoms in total. The highest BCUT2D eigenvalue weighted by molar-refractivity contribution is 9.10. The van der Waals surface area contributed by atoms with Crippen LogP contribution in [0.4, 0.5) is 8.78 Å². The number of hydrogen-bond acceptors (Lipinski definition) is 4. The molecule has 0 atom stereocenters. The molecule has 7 heteroatoms. The summed E-state index contributed by atoms with van der Waals surface area (Å²) < 4.78 is 29.5. The first-order chi connectivity index (χ1) is 7.49. The molecule has 0 spiro atoms. The Morgan fingerprint density at radius 3 is 2.81 bits per heavy atom. The zero-order valence-electron chi connectivity index (χ0n) is 8.21. The van der Waals surface area contributed by atoms with Crippen LogP contribution in [-0.2, 0) is 4.74 Å².